The lowest BCUT2D eigenvalue weighted by Crippen LogP contribution is -2.22. The molecule has 1 amide bonds. The van der Waals surface area contributed by atoms with Crippen LogP contribution in [0.5, 0.6) is 0 Å². The fourth-order valence-electron chi connectivity index (χ4n) is 2.31. The van der Waals surface area contributed by atoms with Gasteiger partial charge in [0.1, 0.15) is 5.82 Å². The second-order valence-electron chi connectivity index (χ2n) is 5.47. The maximum Gasteiger partial charge on any atom is 0.257 e. The Morgan fingerprint density at radius 3 is 2.36 bits per heavy atom. The molecule has 3 aromatic rings. The largest absolute Gasteiger partial charge is 0.322 e. The first kappa shape index (κ1) is 17.1. The summed E-state index contributed by atoms with van der Waals surface area (Å²) in [7, 11) is 0. The molecule has 4 nitrogen and oxygen atoms in total. The smallest absolute Gasteiger partial charge is 0.257 e. The number of hydrogen-bond acceptors (Lipinski definition) is 2. The van der Waals surface area contributed by atoms with Crippen molar-refractivity contribution in [3.8, 4) is 0 Å². The molecule has 0 saturated carbocycles. The van der Waals surface area contributed by atoms with Crippen LogP contribution < -0.4 is 10.9 Å². The van der Waals surface area contributed by atoms with Crippen LogP contribution in [0.25, 0.3) is 0 Å². The first-order chi connectivity index (χ1) is 12.0. The zero-order chi connectivity index (χ0) is 17.8. The molecule has 0 radical (unpaired) electrons. The monoisotopic (exact) mass is 400 g/mol. The van der Waals surface area contributed by atoms with Crippen LogP contribution in [0.15, 0.2) is 76.1 Å². The zero-order valence-electron chi connectivity index (χ0n) is 13.1. The summed E-state index contributed by atoms with van der Waals surface area (Å²) in [6, 6.07) is 15.9. The highest BCUT2D eigenvalue weighted by Crippen LogP contribution is 2.12. The minimum Gasteiger partial charge on any atom is -0.322 e. The molecule has 1 heterocycles. The van der Waals surface area contributed by atoms with Gasteiger partial charge in [0, 0.05) is 22.4 Å². The topological polar surface area (TPSA) is 51.1 Å². The van der Waals surface area contributed by atoms with E-state index in [1.807, 2.05) is 24.3 Å². The summed E-state index contributed by atoms with van der Waals surface area (Å²) >= 11 is 3.37. The van der Waals surface area contributed by atoms with Crippen molar-refractivity contribution in [1.82, 2.24) is 4.57 Å². The summed E-state index contributed by atoms with van der Waals surface area (Å²) in [5.41, 5.74) is 1.58. The van der Waals surface area contributed by atoms with Gasteiger partial charge in [-0.2, -0.15) is 0 Å². The van der Waals surface area contributed by atoms with Gasteiger partial charge in [0.15, 0.2) is 0 Å². The number of pyridine rings is 1. The van der Waals surface area contributed by atoms with Gasteiger partial charge >= 0.3 is 0 Å². The fourth-order valence-corrected chi connectivity index (χ4v) is 2.58. The SMILES string of the molecule is O=C(Nc1ccc(F)cc1)c1ccc(=O)n(Cc2ccc(Br)cc2)c1. The molecule has 0 aliphatic heterocycles. The Morgan fingerprint density at radius 1 is 1.00 bits per heavy atom. The number of carbonyl (C=O) groups excluding carboxylic acids is 1. The van der Waals surface area contributed by atoms with Crippen LogP contribution in [-0.4, -0.2) is 10.5 Å². The van der Waals surface area contributed by atoms with Crippen molar-refractivity contribution in [3.63, 3.8) is 0 Å². The van der Waals surface area contributed by atoms with Crippen LogP contribution in [0.1, 0.15) is 15.9 Å². The third-order valence-corrected chi connectivity index (χ3v) is 4.14. The molecule has 2 aromatic carbocycles. The van der Waals surface area contributed by atoms with Crippen LogP contribution in [0.3, 0.4) is 0 Å². The molecule has 126 valence electrons. The molecular formula is C19H14BrFN2O2. The number of nitrogens with zero attached hydrogens (tertiary/aromatic N) is 1. The van der Waals surface area contributed by atoms with Crippen LogP contribution in [0.4, 0.5) is 10.1 Å². The highest BCUT2D eigenvalue weighted by Gasteiger charge is 2.09. The number of aromatic nitrogens is 1. The van der Waals surface area contributed by atoms with Gasteiger partial charge < -0.3 is 9.88 Å². The molecule has 0 aliphatic rings. The van der Waals surface area contributed by atoms with Crippen molar-refractivity contribution >= 4 is 27.5 Å². The lowest BCUT2D eigenvalue weighted by Gasteiger charge is -2.09. The number of carbonyl (C=O) groups is 1. The quantitative estimate of drug-likeness (QED) is 0.717. The average molecular weight is 401 g/mol. The van der Waals surface area contributed by atoms with E-state index in [0.29, 0.717) is 17.8 Å². The zero-order valence-corrected chi connectivity index (χ0v) is 14.7. The minimum absolute atomic E-state index is 0.193. The van der Waals surface area contributed by atoms with Crippen LogP contribution in [0.2, 0.25) is 0 Å². The van der Waals surface area contributed by atoms with E-state index in [2.05, 4.69) is 21.2 Å². The van der Waals surface area contributed by atoms with Crippen molar-refractivity contribution in [3.05, 3.63) is 98.6 Å². The summed E-state index contributed by atoms with van der Waals surface area (Å²) < 4.78 is 15.4. The van der Waals surface area contributed by atoms with E-state index < -0.39 is 0 Å². The lowest BCUT2D eigenvalue weighted by molar-refractivity contribution is 0.102. The van der Waals surface area contributed by atoms with E-state index in [1.165, 1.54) is 47.2 Å². The van der Waals surface area contributed by atoms with E-state index in [4.69, 9.17) is 0 Å². The molecular weight excluding hydrogens is 387 g/mol. The first-order valence-corrected chi connectivity index (χ1v) is 8.32. The second-order valence-corrected chi connectivity index (χ2v) is 6.39. The molecule has 0 bridgehead atoms. The predicted molar refractivity (Wildman–Crippen MR) is 98.3 cm³/mol. The number of hydrogen-bond donors (Lipinski definition) is 1. The van der Waals surface area contributed by atoms with E-state index in [1.54, 1.807) is 0 Å². The average Bonchev–Trinajstić information content (AvgIpc) is 2.60. The lowest BCUT2D eigenvalue weighted by atomic mass is 10.2. The fraction of sp³-hybridized carbons (Fsp3) is 0.0526. The van der Waals surface area contributed by atoms with Gasteiger partial charge in [0.05, 0.1) is 12.1 Å². The van der Waals surface area contributed by atoms with Crippen molar-refractivity contribution in [2.24, 2.45) is 0 Å². The summed E-state index contributed by atoms with van der Waals surface area (Å²) in [6.45, 7) is 0.365. The number of rotatable bonds is 4. The Kier molecular flexibility index (Phi) is 5.09. The van der Waals surface area contributed by atoms with Gasteiger partial charge in [0.25, 0.3) is 11.5 Å². The Labute approximate surface area is 152 Å². The standard InChI is InChI=1S/C19H14BrFN2O2/c20-15-4-1-13(2-5-15)11-23-12-14(3-10-18(23)24)19(25)22-17-8-6-16(21)7-9-17/h1-10,12H,11H2,(H,22,25). The summed E-state index contributed by atoms with van der Waals surface area (Å²) in [6.07, 6.45) is 1.52. The molecule has 0 fully saturated rings. The van der Waals surface area contributed by atoms with Crippen molar-refractivity contribution < 1.29 is 9.18 Å². The molecule has 6 heteroatoms. The number of amides is 1. The third-order valence-electron chi connectivity index (χ3n) is 3.61. The van der Waals surface area contributed by atoms with E-state index in [0.717, 1.165) is 10.0 Å². The molecule has 0 spiro atoms. The maximum absolute atomic E-state index is 12.9. The third kappa shape index (κ3) is 4.42. The second kappa shape index (κ2) is 7.44. The predicted octanol–water partition coefficient (Wildman–Crippen LogP) is 4.05. The number of benzene rings is 2. The Morgan fingerprint density at radius 2 is 1.68 bits per heavy atom. The van der Waals surface area contributed by atoms with Crippen molar-refractivity contribution in [2.75, 3.05) is 5.32 Å². The van der Waals surface area contributed by atoms with E-state index >= 15 is 0 Å². The van der Waals surface area contributed by atoms with Gasteiger partial charge in [-0.15, -0.1) is 0 Å². The maximum atomic E-state index is 12.9. The molecule has 0 saturated heterocycles. The molecule has 1 N–H and O–H groups in total. The van der Waals surface area contributed by atoms with E-state index in [9.17, 15) is 14.0 Å². The highest BCUT2D eigenvalue weighted by molar-refractivity contribution is 9.10. The molecule has 0 aliphatic carbocycles. The molecule has 25 heavy (non-hydrogen) atoms. The minimum atomic E-state index is -0.374. The van der Waals surface area contributed by atoms with Crippen molar-refractivity contribution in [2.45, 2.75) is 6.54 Å². The van der Waals surface area contributed by atoms with Gasteiger partial charge in [-0.3, -0.25) is 9.59 Å². The first-order valence-electron chi connectivity index (χ1n) is 7.53. The van der Waals surface area contributed by atoms with Crippen molar-refractivity contribution in [1.29, 1.82) is 0 Å². The van der Waals surface area contributed by atoms with Crippen LogP contribution in [0, 0.1) is 5.82 Å². The van der Waals surface area contributed by atoms with Gasteiger partial charge in [-0.25, -0.2) is 4.39 Å². The normalized spacial score (nSPS) is 10.5. The Hall–Kier alpha value is -2.73. The number of nitrogens with one attached hydrogen (secondary N) is 1. The summed E-state index contributed by atoms with van der Waals surface area (Å²) in [5.74, 6) is -0.739. The van der Waals surface area contributed by atoms with E-state index in [-0.39, 0.29) is 17.3 Å². The highest BCUT2D eigenvalue weighted by atomic mass is 79.9. The Bertz CT molecular complexity index is 950. The molecule has 0 unspecified atom stereocenters. The molecule has 1 aromatic heterocycles. The van der Waals surface area contributed by atoms with Crippen LogP contribution >= 0.6 is 15.9 Å². The van der Waals surface area contributed by atoms with Gasteiger partial charge in [-0.05, 0) is 48.0 Å². The van der Waals surface area contributed by atoms with Gasteiger partial charge in [0.2, 0.25) is 0 Å². The summed E-state index contributed by atoms with van der Waals surface area (Å²) in [5, 5.41) is 2.68. The molecule has 0 atom stereocenters. The van der Waals surface area contributed by atoms with Crippen LogP contribution in [-0.2, 0) is 6.54 Å². The Balaban J connectivity index is 1.80. The van der Waals surface area contributed by atoms with Gasteiger partial charge in [-0.1, -0.05) is 28.1 Å². The number of anilines is 1. The summed E-state index contributed by atoms with van der Waals surface area (Å²) in [4.78, 5) is 24.4. The number of halogens is 2. The molecule has 3 rings (SSSR count).